The van der Waals surface area contributed by atoms with Gasteiger partial charge in [-0.15, -0.1) is 0 Å². The van der Waals surface area contributed by atoms with Gasteiger partial charge in [0.15, 0.2) is 0 Å². The van der Waals surface area contributed by atoms with E-state index in [9.17, 15) is 4.79 Å². The Morgan fingerprint density at radius 3 is 2.39 bits per heavy atom. The second-order valence-electron chi connectivity index (χ2n) is 4.93. The minimum atomic E-state index is -0.827. The summed E-state index contributed by atoms with van der Waals surface area (Å²) in [4.78, 5) is 12.0. The van der Waals surface area contributed by atoms with Crippen LogP contribution in [0.1, 0.15) is 34.6 Å². The molecule has 0 aliphatic carbocycles. The first kappa shape index (κ1) is 17.4. The molecule has 0 amide bonds. The number of nitrogens with one attached hydrogen (secondary N) is 1. The Bertz CT molecular complexity index is 245. The van der Waals surface area contributed by atoms with Gasteiger partial charge in [0.2, 0.25) is 0 Å². The summed E-state index contributed by atoms with van der Waals surface area (Å²) in [6, 6.07) is 0.167. The van der Waals surface area contributed by atoms with Crippen molar-refractivity contribution >= 4 is 5.97 Å². The van der Waals surface area contributed by atoms with Crippen LogP contribution in [-0.4, -0.2) is 50.6 Å². The van der Waals surface area contributed by atoms with Gasteiger partial charge >= 0.3 is 5.97 Å². The number of methoxy groups -OCH3 is 1. The summed E-state index contributed by atoms with van der Waals surface area (Å²) in [6.07, 6.45) is -0.0577. The lowest BCUT2D eigenvalue weighted by Crippen LogP contribution is -2.56. The van der Waals surface area contributed by atoms with E-state index in [1.165, 1.54) is 0 Å². The Balaban J connectivity index is 4.51. The number of hydrogen-bond donors (Lipinski definition) is 1. The summed E-state index contributed by atoms with van der Waals surface area (Å²) >= 11 is 0. The van der Waals surface area contributed by atoms with Gasteiger partial charge in [0.1, 0.15) is 5.54 Å². The second kappa shape index (κ2) is 8.45. The zero-order valence-corrected chi connectivity index (χ0v) is 12.4. The molecule has 0 radical (unpaired) electrons. The van der Waals surface area contributed by atoms with Crippen LogP contribution in [0.3, 0.4) is 0 Å². The second-order valence-corrected chi connectivity index (χ2v) is 4.93. The van der Waals surface area contributed by atoms with Crippen LogP contribution in [0.4, 0.5) is 0 Å². The maximum absolute atomic E-state index is 12.0. The summed E-state index contributed by atoms with van der Waals surface area (Å²) < 4.78 is 15.7. The zero-order valence-electron chi connectivity index (χ0n) is 12.4. The van der Waals surface area contributed by atoms with E-state index in [1.807, 2.05) is 20.8 Å². The van der Waals surface area contributed by atoms with Crippen molar-refractivity contribution in [3.05, 3.63) is 0 Å². The topological polar surface area (TPSA) is 56.8 Å². The highest BCUT2D eigenvalue weighted by molar-refractivity contribution is 5.80. The molecular weight excluding hydrogens is 234 g/mol. The van der Waals surface area contributed by atoms with Crippen molar-refractivity contribution in [3.8, 4) is 0 Å². The van der Waals surface area contributed by atoms with Crippen molar-refractivity contribution in [3.63, 3.8) is 0 Å². The van der Waals surface area contributed by atoms with Crippen molar-refractivity contribution < 1.29 is 19.0 Å². The van der Waals surface area contributed by atoms with Gasteiger partial charge in [-0.05, 0) is 34.6 Å². The van der Waals surface area contributed by atoms with E-state index >= 15 is 0 Å². The average molecular weight is 261 g/mol. The van der Waals surface area contributed by atoms with Crippen molar-refractivity contribution in [1.29, 1.82) is 0 Å². The van der Waals surface area contributed by atoms with Crippen molar-refractivity contribution in [2.75, 3.05) is 26.9 Å². The minimum absolute atomic E-state index is 0.0577. The van der Waals surface area contributed by atoms with Crippen molar-refractivity contribution in [2.24, 2.45) is 0 Å². The lowest BCUT2D eigenvalue weighted by atomic mass is 10.0. The Labute approximate surface area is 110 Å². The van der Waals surface area contributed by atoms with Gasteiger partial charge in [0, 0.05) is 13.2 Å². The molecule has 0 heterocycles. The molecule has 0 saturated carbocycles. The molecule has 108 valence electrons. The van der Waals surface area contributed by atoms with E-state index < -0.39 is 5.54 Å². The normalized spacial score (nSPS) is 16.4. The third kappa shape index (κ3) is 6.33. The molecule has 5 heteroatoms. The van der Waals surface area contributed by atoms with E-state index in [-0.39, 0.29) is 24.7 Å². The number of carbonyl (C=O) groups is 1. The highest BCUT2D eigenvalue weighted by atomic mass is 16.5. The molecule has 0 fully saturated rings. The van der Waals surface area contributed by atoms with Gasteiger partial charge in [0.25, 0.3) is 0 Å². The molecular formula is C13H27NO4. The van der Waals surface area contributed by atoms with Crippen LogP contribution in [0.15, 0.2) is 0 Å². The molecule has 0 bridgehead atoms. The molecule has 18 heavy (non-hydrogen) atoms. The Morgan fingerprint density at radius 2 is 1.94 bits per heavy atom. The molecule has 0 saturated heterocycles. The third-order valence-electron chi connectivity index (χ3n) is 2.39. The van der Waals surface area contributed by atoms with Crippen LogP contribution in [0.5, 0.6) is 0 Å². The quantitative estimate of drug-likeness (QED) is 0.635. The molecule has 5 nitrogen and oxygen atoms in total. The molecule has 0 spiro atoms. The number of carbonyl (C=O) groups excluding carboxylic acids is 1. The summed E-state index contributed by atoms with van der Waals surface area (Å²) in [5.41, 5.74) is -0.827. The number of esters is 1. The SMILES string of the molecule is CCOC(=O)C(C)(COC(C)COC)NC(C)C. The summed E-state index contributed by atoms with van der Waals surface area (Å²) in [5.74, 6) is -0.289. The predicted octanol–water partition coefficient (Wildman–Crippen LogP) is 1.36. The fourth-order valence-corrected chi connectivity index (χ4v) is 1.68. The maximum atomic E-state index is 12.0. The minimum Gasteiger partial charge on any atom is -0.465 e. The standard InChI is InChI=1S/C13H27NO4/c1-7-17-12(15)13(5,14-10(2)3)9-18-11(4)8-16-6/h10-11,14H,7-9H2,1-6H3. The van der Waals surface area contributed by atoms with Crippen molar-refractivity contribution in [2.45, 2.75) is 52.3 Å². The molecule has 0 aliphatic heterocycles. The van der Waals surface area contributed by atoms with Crippen LogP contribution in [-0.2, 0) is 19.0 Å². The lowest BCUT2D eigenvalue weighted by Gasteiger charge is -2.31. The first-order chi connectivity index (χ1) is 8.35. The van der Waals surface area contributed by atoms with E-state index in [0.29, 0.717) is 13.2 Å². The smallest absolute Gasteiger partial charge is 0.328 e. The number of ether oxygens (including phenoxy) is 3. The Morgan fingerprint density at radius 1 is 1.33 bits per heavy atom. The molecule has 0 aromatic rings. The van der Waals surface area contributed by atoms with E-state index in [4.69, 9.17) is 14.2 Å². The van der Waals surface area contributed by atoms with Crippen LogP contribution in [0.2, 0.25) is 0 Å². The summed E-state index contributed by atoms with van der Waals surface area (Å²) in [7, 11) is 1.62. The Hall–Kier alpha value is -0.650. The van der Waals surface area contributed by atoms with Crippen LogP contribution < -0.4 is 5.32 Å². The van der Waals surface area contributed by atoms with Gasteiger partial charge in [-0.25, -0.2) is 4.79 Å². The monoisotopic (exact) mass is 261 g/mol. The van der Waals surface area contributed by atoms with Gasteiger partial charge in [0.05, 0.1) is 25.9 Å². The molecule has 0 aromatic heterocycles. The fraction of sp³-hybridized carbons (Fsp3) is 0.923. The molecule has 2 unspecified atom stereocenters. The van der Waals surface area contributed by atoms with Gasteiger partial charge < -0.3 is 14.2 Å². The highest BCUT2D eigenvalue weighted by Gasteiger charge is 2.36. The van der Waals surface area contributed by atoms with E-state index in [2.05, 4.69) is 5.32 Å². The predicted molar refractivity (Wildman–Crippen MR) is 70.6 cm³/mol. The molecule has 0 rings (SSSR count). The zero-order chi connectivity index (χ0) is 14.2. The summed E-state index contributed by atoms with van der Waals surface area (Å²) in [5, 5.41) is 3.20. The number of hydrogen-bond acceptors (Lipinski definition) is 5. The number of rotatable bonds is 9. The van der Waals surface area contributed by atoms with Crippen LogP contribution >= 0.6 is 0 Å². The third-order valence-corrected chi connectivity index (χ3v) is 2.39. The van der Waals surface area contributed by atoms with Crippen LogP contribution in [0, 0.1) is 0 Å². The maximum Gasteiger partial charge on any atom is 0.328 e. The molecule has 2 atom stereocenters. The lowest BCUT2D eigenvalue weighted by molar-refractivity contribution is -0.155. The average Bonchev–Trinajstić information content (AvgIpc) is 2.26. The highest BCUT2D eigenvalue weighted by Crippen LogP contribution is 2.11. The van der Waals surface area contributed by atoms with E-state index in [0.717, 1.165) is 0 Å². The van der Waals surface area contributed by atoms with Crippen molar-refractivity contribution in [1.82, 2.24) is 5.32 Å². The molecule has 0 aromatic carbocycles. The van der Waals surface area contributed by atoms with Gasteiger partial charge in [-0.2, -0.15) is 0 Å². The summed E-state index contributed by atoms with van der Waals surface area (Å²) in [6.45, 7) is 10.6. The first-order valence-electron chi connectivity index (χ1n) is 6.41. The Kier molecular flexibility index (Phi) is 8.15. The largest absolute Gasteiger partial charge is 0.465 e. The molecule has 1 N–H and O–H groups in total. The molecule has 0 aliphatic rings. The van der Waals surface area contributed by atoms with Gasteiger partial charge in [-0.3, -0.25) is 5.32 Å². The fourth-order valence-electron chi connectivity index (χ4n) is 1.68. The van der Waals surface area contributed by atoms with E-state index in [1.54, 1.807) is 21.0 Å². The van der Waals surface area contributed by atoms with Gasteiger partial charge in [-0.1, -0.05) is 0 Å². The van der Waals surface area contributed by atoms with Crippen LogP contribution in [0.25, 0.3) is 0 Å². The first-order valence-corrected chi connectivity index (χ1v) is 6.41.